The van der Waals surface area contributed by atoms with Gasteiger partial charge in [-0.1, -0.05) is 0 Å². The average Bonchev–Trinajstić information content (AvgIpc) is 2.34. The Labute approximate surface area is 107 Å². The SMILES string of the molecule is CC(C)OCCNc1nc(NN)nc(N(C)C)n1. The van der Waals surface area contributed by atoms with Crippen molar-refractivity contribution in [2.45, 2.75) is 20.0 Å². The summed E-state index contributed by atoms with van der Waals surface area (Å²) in [7, 11) is 3.70. The number of rotatable bonds is 7. The lowest BCUT2D eigenvalue weighted by molar-refractivity contribution is 0.0870. The van der Waals surface area contributed by atoms with Crippen LogP contribution in [0.2, 0.25) is 0 Å². The number of anilines is 3. The molecule has 0 aliphatic heterocycles. The third-order valence-corrected chi connectivity index (χ3v) is 1.99. The number of hydrogen-bond donors (Lipinski definition) is 3. The van der Waals surface area contributed by atoms with Crippen LogP contribution in [0.25, 0.3) is 0 Å². The van der Waals surface area contributed by atoms with Gasteiger partial charge in [-0.2, -0.15) is 15.0 Å². The molecule has 8 heteroatoms. The van der Waals surface area contributed by atoms with Crippen LogP contribution in [0.5, 0.6) is 0 Å². The van der Waals surface area contributed by atoms with E-state index in [1.807, 2.05) is 27.9 Å². The van der Waals surface area contributed by atoms with Gasteiger partial charge in [0.1, 0.15) is 0 Å². The summed E-state index contributed by atoms with van der Waals surface area (Å²) in [4.78, 5) is 14.2. The number of nitrogens with zero attached hydrogens (tertiary/aromatic N) is 4. The molecule has 1 rings (SSSR count). The molecule has 0 bridgehead atoms. The van der Waals surface area contributed by atoms with Gasteiger partial charge in [0.2, 0.25) is 17.8 Å². The number of nitrogens with two attached hydrogens (primary N) is 1. The van der Waals surface area contributed by atoms with E-state index >= 15 is 0 Å². The van der Waals surface area contributed by atoms with Gasteiger partial charge < -0.3 is 15.0 Å². The standard InChI is InChI=1S/C10H21N7O/c1-7(2)18-6-5-12-8-13-9(16-11)15-10(14-8)17(3)4/h7H,5-6,11H2,1-4H3,(H2,12,13,14,15,16). The molecule has 0 amide bonds. The van der Waals surface area contributed by atoms with Crippen LogP contribution in [0.15, 0.2) is 0 Å². The Morgan fingerprint density at radius 3 is 2.44 bits per heavy atom. The predicted molar refractivity (Wildman–Crippen MR) is 71.5 cm³/mol. The highest BCUT2D eigenvalue weighted by Crippen LogP contribution is 2.10. The molecule has 0 atom stereocenters. The minimum Gasteiger partial charge on any atom is -0.377 e. The second kappa shape index (κ2) is 6.92. The maximum Gasteiger partial charge on any atom is 0.243 e. The molecule has 0 spiro atoms. The highest BCUT2D eigenvalue weighted by molar-refractivity contribution is 5.42. The van der Waals surface area contributed by atoms with Crippen LogP contribution >= 0.6 is 0 Å². The fourth-order valence-electron chi connectivity index (χ4n) is 1.17. The molecule has 1 aromatic rings. The van der Waals surface area contributed by atoms with Crippen LogP contribution in [0.3, 0.4) is 0 Å². The zero-order valence-corrected chi connectivity index (χ0v) is 11.3. The summed E-state index contributed by atoms with van der Waals surface area (Å²) < 4.78 is 5.41. The number of hydrazine groups is 1. The van der Waals surface area contributed by atoms with E-state index in [-0.39, 0.29) is 6.10 Å². The van der Waals surface area contributed by atoms with Crippen molar-refractivity contribution in [2.75, 3.05) is 42.9 Å². The predicted octanol–water partition coefficient (Wildman–Crippen LogP) is 0.0601. The van der Waals surface area contributed by atoms with Crippen LogP contribution in [-0.2, 0) is 4.74 Å². The molecule has 8 nitrogen and oxygen atoms in total. The maximum atomic E-state index is 5.41. The van der Waals surface area contributed by atoms with Gasteiger partial charge in [-0.15, -0.1) is 0 Å². The van der Waals surface area contributed by atoms with Gasteiger partial charge in [-0.05, 0) is 13.8 Å². The van der Waals surface area contributed by atoms with Crippen molar-refractivity contribution in [3.8, 4) is 0 Å². The molecular formula is C10H21N7O. The summed E-state index contributed by atoms with van der Waals surface area (Å²) >= 11 is 0. The molecular weight excluding hydrogens is 234 g/mol. The first-order valence-electron chi connectivity index (χ1n) is 5.78. The lowest BCUT2D eigenvalue weighted by atomic mass is 10.5. The molecule has 0 saturated heterocycles. The molecule has 1 heterocycles. The van der Waals surface area contributed by atoms with Crippen molar-refractivity contribution in [1.82, 2.24) is 15.0 Å². The normalized spacial score (nSPS) is 10.6. The summed E-state index contributed by atoms with van der Waals surface area (Å²) in [5.41, 5.74) is 2.41. The van der Waals surface area contributed by atoms with E-state index in [1.165, 1.54) is 0 Å². The second-order valence-corrected chi connectivity index (χ2v) is 4.17. The third kappa shape index (κ3) is 4.68. The average molecular weight is 255 g/mol. The summed E-state index contributed by atoms with van der Waals surface area (Å²) in [5.74, 6) is 6.63. The zero-order valence-electron chi connectivity index (χ0n) is 11.3. The Morgan fingerprint density at radius 1 is 1.22 bits per heavy atom. The van der Waals surface area contributed by atoms with Gasteiger partial charge in [-0.3, -0.25) is 5.43 Å². The monoisotopic (exact) mass is 255 g/mol. The molecule has 0 fully saturated rings. The summed E-state index contributed by atoms with van der Waals surface area (Å²) in [6, 6.07) is 0. The van der Waals surface area contributed by atoms with E-state index < -0.39 is 0 Å². The summed E-state index contributed by atoms with van der Waals surface area (Å²) in [6.45, 7) is 5.19. The number of nitrogens with one attached hydrogen (secondary N) is 2. The molecule has 4 N–H and O–H groups in total. The van der Waals surface area contributed by atoms with Crippen molar-refractivity contribution in [1.29, 1.82) is 0 Å². The Hall–Kier alpha value is -1.67. The van der Waals surface area contributed by atoms with E-state index in [0.717, 1.165) is 0 Å². The van der Waals surface area contributed by atoms with Gasteiger partial charge in [-0.25, -0.2) is 5.84 Å². The van der Waals surface area contributed by atoms with Crippen molar-refractivity contribution in [3.05, 3.63) is 0 Å². The van der Waals surface area contributed by atoms with E-state index in [2.05, 4.69) is 25.7 Å². The van der Waals surface area contributed by atoms with Crippen molar-refractivity contribution >= 4 is 17.8 Å². The van der Waals surface area contributed by atoms with E-state index in [0.29, 0.717) is 31.0 Å². The summed E-state index contributed by atoms with van der Waals surface area (Å²) in [6.07, 6.45) is 0.212. The molecule has 0 aromatic carbocycles. The molecule has 102 valence electrons. The summed E-state index contributed by atoms with van der Waals surface area (Å²) in [5, 5.41) is 3.06. The largest absolute Gasteiger partial charge is 0.377 e. The van der Waals surface area contributed by atoms with Crippen molar-refractivity contribution in [3.63, 3.8) is 0 Å². The van der Waals surface area contributed by atoms with Gasteiger partial charge in [0, 0.05) is 20.6 Å². The molecule has 0 unspecified atom stereocenters. The van der Waals surface area contributed by atoms with Crippen LogP contribution in [-0.4, -0.2) is 48.3 Å². The van der Waals surface area contributed by atoms with Crippen LogP contribution in [0.4, 0.5) is 17.8 Å². The Morgan fingerprint density at radius 2 is 1.89 bits per heavy atom. The first-order valence-corrected chi connectivity index (χ1v) is 5.78. The van der Waals surface area contributed by atoms with E-state index in [1.54, 1.807) is 4.90 Å². The molecule has 1 aromatic heterocycles. The fraction of sp³-hybridized carbons (Fsp3) is 0.700. The molecule has 0 aliphatic rings. The van der Waals surface area contributed by atoms with Crippen molar-refractivity contribution < 1.29 is 4.74 Å². The first-order chi connectivity index (χ1) is 8.52. The minimum absolute atomic E-state index is 0.212. The van der Waals surface area contributed by atoms with Crippen molar-refractivity contribution in [2.24, 2.45) is 5.84 Å². The topological polar surface area (TPSA) is 101 Å². The van der Waals surface area contributed by atoms with Gasteiger partial charge >= 0.3 is 0 Å². The number of nitrogen functional groups attached to an aromatic ring is 1. The smallest absolute Gasteiger partial charge is 0.243 e. The molecule has 0 saturated carbocycles. The highest BCUT2D eigenvalue weighted by Gasteiger charge is 2.06. The highest BCUT2D eigenvalue weighted by atomic mass is 16.5. The first kappa shape index (κ1) is 14.4. The third-order valence-electron chi connectivity index (χ3n) is 1.99. The minimum atomic E-state index is 0.212. The number of aromatic nitrogens is 3. The fourth-order valence-corrected chi connectivity index (χ4v) is 1.17. The lowest BCUT2D eigenvalue weighted by Gasteiger charge is -2.13. The Kier molecular flexibility index (Phi) is 5.53. The van der Waals surface area contributed by atoms with Crippen LogP contribution in [0.1, 0.15) is 13.8 Å². The van der Waals surface area contributed by atoms with Gasteiger partial charge in [0.25, 0.3) is 0 Å². The Balaban J connectivity index is 2.61. The quantitative estimate of drug-likeness (QED) is 0.357. The lowest BCUT2D eigenvalue weighted by Crippen LogP contribution is -2.20. The second-order valence-electron chi connectivity index (χ2n) is 4.17. The number of ether oxygens (including phenoxy) is 1. The zero-order chi connectivity index (χ0) is 13.5. The van der Waals surface area contributed by atoms with Crippen LogP contribution < -0.4 is 21.5 Å². The molecule has 18 heavy (non-hydrogen) atoms. The molecule has 0 radical (unpaired) electrons. The maximum absolute atomic E-state index is 5.41. The Bertz CT molecular complexity index is 369. The van der Waals surface area contributed by atoms with E-state index in [9.17, 15) is 0 Å². The van der Waals surface area contributed by atoms with Crippen LogP contribution in [0, 0.1) is 0 Å². The van der Waals surface area contributed by atoms with E-state index in [4.69, 9.17) is 10.6 Å². The van der Waals surface area contributed by atoms with Gasteiger partial charge in [0.15, 0.2) is 0 Å². The molecule has 0 aliphatic carbocycles. The van der Waals surface area contributed by atoms with Gasteiger partial charge in [0.05, 0.1) is 12.7 Å². The number of hydrogen-bond acceptors (Lipinski definition) is 8.